The minimum absolute atomic E-state index is 0.136. The van der Waals surface area contributed by atoms with Crippen molar-refractivity contribution in [2.75, 3.05) is 0 Å². The van der Waals surface area contributed by atoms with Gasteiger partial charge in [-0.1, -0.05) is 46.8 Å². The van der Waals surface area contributed by atoms with Gasteiger partial charge in [0.1, 0.15) is 0 Å². The molecule has 2 aromatic rings. The van der Waals surface area contributed by atoms with Crippen LogP contribution in [0.3, 0.4) is 0 Å². The maximum Gasteiger partial charge on any atom is 0.0739 e. The normalized spacial score (nSPS) is 12.4. The maximum atomic E-state index is 4.55. The zero-order chi connectivity index (χ0) is 12.6. The fourth-order valence-electron chi connectivity index (χ4n) is 2.12. The van der Waals surface area contributed by atoms with Crippen LogP contribution in [0.1, 0.15) is 51.7 Å². The summed E-state index contributed by atoms with van der Waals surface area (Å²) >= 11 is 0. The molecule has 90 valence electrons. The van der Waals surface area contributed by atoms with Crippen molar-refractivity contribution in [3.8, 4) is 0 Å². The van der Waals surface area contributed by atoms with Crippen LogP contribution in [0.5, 0.6) is 0 Å². The van der Waals surface area contributed by atoms with Crippen molar-refractivity contribution in [2.24, 2.45) is 0 Å². The molecule has 0 aliphatic carbocycles. The summed E-state index contributed by atoms with van der Waals surface area (Å²) in [4.78, 5) is 4.55. The van der Waals surface area contributed by atoms with Crippen LogP contribution in [0, 0.1) is 0 Å². The first-order chi connectivity index (χ1) is 7.89. The fraction of sp³-hybridized carbons (Fsp3) is 0.438. The molecule has 0 N–H and O–H groups in total. The van der Waals surface area contributed by atoms with Gasteiger partial charge in [0.05, 0.1) is 5.52 Å². The summed E-state index contributed by atoms with van der Waals surface area (Å²) in [6.07, 6.45) is 1.88. The van der Waals surface area contributed by atoms with E-state index in [1.807, 2.05) is 12.3 Å². The Morgan fingerprint density at radius 3 is 2.41 bits per heavy atom. The zero-order valence-electron chi connectivity index (χ0n) is 11.4. The summed E-state index contributed by atoms with van der Waals surface area (Å²) in [5.74, 6) is 0.556. The summed E-state index contributed by atoms with van der Waals surface area (Å²) in [5, 5.41) is 1.25. The van der Waals surface area contributed by atoms with E-state index in [-0.39, 0.29) is 5.41 Å². The summed E-state index contributed by atoms with van der Waals surface area (Å²) < 4.78 is 0. The number of hydrogen-bond acceptors (Lipinski definition) is 1. The third-order valence-electron chi connectivity index (χ3n) is 3.20. The van der Waals surface area contributed by atoms with E-state index in [0.29, 0.717) is 5.92 Å². The highest BCUT2D eigenvalue weighted by molar-refractivity contribution is 5.83. The van der Waals surface area contributed by atoms with Crippen molar-refractivity contribution in [3.05, 3.63) is 41.6 Å². The molecular weight excluding hydrogens is 206 g/mol. The summed E-state index contributed by atoms with van der Waals surface area (Å²) in [7, 11) is 0. The van der Waals surface area contributed by atoms with Crippen LogP contribution in [0.4, 0.5) is 0 Å². The molecule has 1 heteroatoms. The Balaban J connectivity index is 2.79. The second-order valence-corrected chi connectivity index (χ2v) is 6.05. The highest BCUT2D eigenvalue weighted by atomic mass is 14.7. The standard InChI is InChI=1S/C16H21N/c1-11(2)13-9-12-7-6-8-17-15(12)14(10-13)16(3,4)5/h6-11H,1-5H3. The molecule has 0 bridgehead atoms. The summed E-state index contributed by atoms with van der Waals surface area (Å²) in [5.41, 5.74) is 4.02. The maximum absolute atomic E-state index is 4.55. The molecule has 0 amide bonds. The van der Waals surface area contributed by atoms with Crippen molar-refractivity contribution in [2.45, 2.75) is 46.0 Å². The van der Waals surface area contributed by atoms with E-state index >= 15 is 0 Å². The van der Waals surface area contributed by atoms with Crippen LogP contribution in [0.15, 0.2) is 30.5 Å². The molecule has 1 nitrogen and oxygen atoms in total. The SMILES string of the molecule is CC(C)c1cc(C(C)(C)C)c2ncccc2c1. The Morgan fingerprint density at radius 2 is 1.82 bits per heavy atom. The first-order valence-electron chi connectivity index (χ1n) is 6.29. The van der Waals surface area contributed by atoms with Crippen LogP contribution >= 0.6 is 0 Å². The molecule has 0 saturated heterocycles. The van der Waals surface area contributed by atoms with E-state index in [1.54, 1.807) is 0 Å². The topological polar surface area (TPSA) is 12.9 Å². The molecule has 0 fully saturated rings. The molecule has 1 heterocycles. The Bertz CT molecular complexity index is 533. The number of benzene rings is 1. The van der Waals surface area contributed by atoms with Crippen molar-refractivity contribution in [3.63, 3.8) is 0 Å². The Hall–Kier alpha value is -1.37. The highest BCUT2D eigenvalue weighted by Crippen LogP contribution is 2.32. The third kappa shape index (κ3) is 2.33. The molecule has 0 aliphatic rings. The Kier molecular flexibility index (Phi) is 2.94. The van der Waals surface area contributed by atoms with Gasteiger partial charge >= 0.3 is 0 Å². The largest absolute Gasteiger partial charge is 0.256 e. The predicted molar refractivity (Wildman–Crippen MR) is 74.5 cm³/mol. The molecule has 0 spiro atoms. The van der Waals surface area contributed by atoms with Gasteiger partial charge in [0.2, 0.25) is 0 Å². The molecule has 0 aliphatic heterocycles. The Labute approximate surface area is 104 Å². The van der Waals surface area contributed by atoms with Gasteiger partial charge in [-0.25, -0.2) is 0 Å². The molecule has 1 aromatic carbocycles. The first-order valence-corrected chi connectivity index (χ1v) is 6.29. The average molecular weight is 227 g/mol. The fourth-order valence-corrected chi connectivity index (χ4v) is 2.12. The third-order valence-corrected chi connectivity index (χ3v) is 3.20. The van der Waals surface area contributed by atoms with Crippen LogP contribution in [-0.2, 0) is 5.41 Å². The molecule has 0 unspecified atom stereocenters. The molecule has 0 atom stereocenters. The van der Waals surface area contributed by atoms with E-state index < -0.39 is 0 Å². The van der Waals surface area contributed by atoms with Crippen molar-refractivity contribution >= 4 is 10.9 Å². The monoisotopic (exact) mass is 227 g/mol. The summed E-state index contributed by atoms with van der Waals surface area (Å²) in [6, 6.07) is 8.75. The van der Waals surface area contributed by atoms with Crippen molar-refractivity contribution in [1.82, 2.24) is 4.98 Å². The molecule has 17 heavy (non-hydrogen) atoms. The minimum atomic E-state index is 0.136. The lowest BCUT2D eigenvalue weighted by atomic mass is 9.83. The summed E-state index contributed by atoms with van der Waals surface area (Å²) in [6.45, 7) is 11.2. The van der Waals surface area contributed by atoms with Gasteiger partial charge < -0.3 is 0 Å². The second-order valence-electron chi connectivity index (χ2n) is 6.05. The smallest absolute Gasteiger partial charge is 0.0739 e. The van der Waals surface area contributed by atoms with Crippen molar-refractivity contribution < 1.29 is 0 Å². The van der Waals surface area contributed by atoms with Gasteiger partial charge in [-0.05, 0) is 34.6 Å². The van der Waals surface area contributed by atoms with Gasteiger partial charge in [-0.15, -0.1) is 0 Å². The van der Waals surface area contributed by atoms with E-state index in [1.165, 1.54) is 16.5 Å². The van der Waals surface area contributed by atoms with Gasteiger partial charge in [0.25, 0.3) is 0 Å². The number of aromatic nitrogens is 1. The highest BCUT2D eigenvalue weighted by Gasteiger charge is 2.19. The number of pyridine rings is 1. The zero-order valence-corrected chi connectivity index (χ0v) is 11.4. The van der Waals surface area contributed by atoms with Crippen molar-refractivity contribution in [1.29, 1.82) is 0 Å². The lowest BCUT2D eigenvalue weighted by Gasteiger charge is -2.22. The van der Waals surface area contributed by atoms with Crippen LogP contribution in [-0.4, -0.2) is 4.98 Å². The van der Waals surface area contributed by atoms with Gasteiger partial charge in [0.15, 0.2) is 0 Å². The minimum Gasteiger partial charge on any atom is -0.256 e. The quantitative estimate of drug-likeness (QED) is 0.690. The van der Waals surface area contributed by atoms with Gasteiger partial charge in [-0.2, -0.15) is 0 Å². The predicted octanol–water partition coefficient (Wildman–Crippen LogP) is 4.66. The molecular formula is C16H21N. The lowest BCUT2D eigenvalue weighted by Crippen LogP contribution is -2.13. The van der Waals surface area contributed by atoms with E-state index in [9.17, 15) is 0 Å². The number of fused-ring (bicyclic) bond motifs is 1. The number of rotatable bonds is 1. The Morgan fingerprint density at radius 1 is 1.12 bits per heavy atom. The number of nitrogens with zero attached hydrogens (tertiary/aromatic N) is 1. The van der Waals surface area contributed by atoms with Crippen LogP contribution in [0.25, 0.3) is 10.9 Å². The van der Waals surface area contributed by atoms with Gasteiger partial charge in [-0.3, -0.25) is 4.98 Å². The first kappa shape index (κ1) is 12.1. The molecule has 2 rings (SSSR count). The number of hydrogen-bond donors (Lipinski definition) is 0. The van der Waals surface area contributed by atoms with E-state index in [4.69, 9.17) is 0 Å². The van der Waals surface area contributed by atoms with Gasteiger partial charge in [0, 0.05) is 11.6 Å². The second kappa shape index (κ2) is 4.14. The lowest BCUT2D eigenvalue weighted by molar-refractivity contribution is 0.593. The molecule has 0 saturated carbocycles. The van der Waals surface area contributed by atoms with E-state index in [0.717, 1.165) is 5.52 Å². The van der Waals surface area contributed by atoms with Crippen LogP contribution < -0.4 is 0 Å². The molecule has 1 aromatic heterocycles. The molecule has 0 radical (unpaired) electrons. The van der Waals surface area contributed by atoms with E-state index in [2.05, 4.69) is 57.8 Å². The van der Waals surface area contributed by atoms with Crippen LogP contribution in [0.2, 0.25) is 0 Å². The average Bonchev–Trinajstić information content (AvgIpc) is 2.26.